The predicted molar refractivity (Wildman–Crippen MR) is 150 cm³/mol. The number of hydrogen-bond donors (Lipinski definition) is 1. The van der Waals surface area contributed by atoms with Gasteiger partial charge in [-0.25, -0.2) is 18.3 Å². The molecule has 5 aromatic rings. The Morgan fingerprint density at radius 1 is 1.05 bits per heavy atom. The molecule has 1 amide bonds. The number of carbonyl (C=O) groups excluding carboxylic acids is 1. The van der Waals surface area contributed by atoms with Gasteiger partial charge in [0, 0.05) is 17.7 Å². The van der Waals surface area contributed by atoms with Gasteiger partial charge in [0.25, 0.3) is 18.0 Å². The molecule has 0 bridgehead atoms. The number of benzene rings is 3. The van der Waals surface area contributed by atoms with Gasteiger partial charge in [0.2, 0.25) is 0 Å². The monoisotopic (exact) mass is 557 g/mol. The van der Waals surface area contributed by atoms with E-state index in [9.17, 15) is 23.7 Å². The summed E-state index contributed by atoms with van der Waals surface area (Å²) in [6.07, 6.45) is -1.75. The van der Waals surface area contributed by atoms with E-state index in [0.29, 0.717) is 11.3 Å². The highest BCUT2D eigenvalue weighted by molar-refractivity contribution is 6.08. The Hall–Kier alpha value is -5.19. The Kier molecular flexibility index (Phi) is 7.43. The van der Waals surface area contributed by atoms with E-state index in [-0.39, 0.29) is 39.9 Å². The molecule has 0 fully saturated rings. The number of nitrogens with one attached hydrogen (secondary N) is 1. The first-order valence-corrected chi connectivity index (χ1v) is 12.7. The average Bonchev–Trinajstić information content (AvgIpc) is 3.37. The van der Waals surface area contributed by atoms with Crippen LogP contribution in [0.3, 0.4) is 0 Å². The third-order valence-electron chi connectivity index (χ3n) is 6.42. The number of aryl methyl sites for hydroxylation is 1. The van der Waals surface area contributed by atoms with Crippen LogP contribution in [0.1, 0.15) is 53.4 Å². The van der Waals surface area contributed by atoms with Crippen LogP contribution in [0.15, 0.2) is 79.0 Å². The van der Waals surface area contributed by atoms with Crippen molar-refractivity contribution in [3.05, 3.63) is 111 Å². The molecule has 2 heterocycles. The minimum absolute atomic E-state index is 0.0746. The molecule has 0 spiro atoms. The predicted octanol–water partition coefficient (Wildman–Crippen LogP) is 7.72. The number of amides is 1. The van der Waals surface area contributed by atoms with Crippen molar-refractivity contribution in [3.63, 3.8) is 0 Å². The van der Waals surface area contributed by atoms with Crippen molar-refractivity contribution in [2.24, 2.45) is 0 Å². The fourth-order valence-electron chi connectivity index (χ4n) is 4.41. The Labute approximate surface area is 233 Å². The van der Waals surface area contributed by atoms with Gasteiger partial charge in [-0.1, -0.05) is 56.3 Å². The lowest BCUT2D eigenvalue weighted by Gasteiger charge is -2.15. The third-order valence-corrected chi connectivity index (χ3v) is 6.42. The van der Waals surface area contributed by atoms with Gasteiger partial charge >= 0.3 is 0 Å². The van der Waals surface area contributed by atoms with Crippen molar-refractivity contribution in [2.75, 3.05) is 5.32 Å². The van der Waals surface area contributed by atoms with Crippen molar-refractivity contribution in [1.82, 2.24) is 14.6 Å². The molecule has 0 aliphatic carbocycles. The quantitative estimate of drug-likeness (QED) is 0.154. The summed E-state index contributed by atoms with van der Waals surface area (Å²) in [6, 6.07) is 19.6. The van der Waals surface area contributed by atoms with Gasteiger partial charge in [-0.05, 0) is 36.1 Å². The molecule has 11 heteroatoms. The number of halogens is 2. The molecule has 0 saturated heterocycles. The molecular formula is C30H25F2N5O4. The van der Waals surface area contributed by atoms with Crippen LogP contribution in [0, 0.1) is 17.0 Å². The lowest BCUT2D eigenvalue weighted by molar-refractivity contribution is -0.384. The van der Waals surface area contributed by atoms with Crippen molar-refractivity contribution in [1.29, 1.82) is 0 Å². The zero-order valence-electron chi connectivity index (χ0n) is 22.3. The fourth-order valence-corrected chi connectivity index (χ4v) is 4.41. The summed E-state index contributed by atoms with van der Waals surface area (Å²) >= 11 is 0. The minimum atomic E-state index is -2.88. The number of nitro groups is 1. The molecule has 0 unspecified atom stereocenters. The zero-order chi connectivity index (χ0) is 29.3. The highest BCUT2D eigenvalue weighted by atomic mass is 19.3. The molecule has 1 N–H and O–H groups in total. The summed E-state index contributed by atoms with van der Waals surface area (Å²) in [5, 5.41) is 18.3. The first-order chi connectivity index (χ1) is 19.6. The van der Waals surface area contributed by atoms with Crippen molar-refractivity contribution in [2.45, 2.75) is 33.1 Å². The number of anilines is 1. The van der Waals surface area contributed by atoms with E-state index in [2.05, 4.69) is 15.4 Å². The van der Waals surface area contributed by atoms with Gasteiger partial charge in [-0.15, -0.1) is 0 Å². The second-order valence-corrected chi connectivity index (χ2v) is 9.75. The lowest BCUT2D eigenvalue weighted by Crippen LogP contribution is -2.13. The number of fused-ring (bicyclic) bond motifs is 1. The normalized spacial score (nSPS) is 11.3. The van der Waals surface area contributed by atoms with E-state index in [0.717, 1.165) is 21.8 Å². The van der Waals surface area contributed by atoms with Crippen molar-refractivity contribution in [3.8, 4) is 22.8 Å². The molecular weight excluding hydrogens is 532 g/mol. The van der Waals surface area contributed by atoms with Crippen LogP contribution in [0.4, 0.5) is 20.2 Å². The van der Waals surface area contributed by atoms with Crippen molar-refractivity contribution < 1.29 is 23.2 Å². The fraction of sp³-hybridized carbons (Fsp3) is 0.167. The number of ether oxygens (including phenoxy) is 1. The maximum Gasteiger partial charge on any atom is 0.280 e. The number of hydrogen-bond acceptors (Lipinski definition) is 6. The molecule has 3 aromatic carbocycles. The van der Waals surface area contributed by atoms with E-state index >= 15 is 0 Å². The number of alkyl halides is 2. The summed E-state index contributed by atoms with van der Waals surface area (Å²) in [6.45, 7) is 5.91. The first-order valence-electron chi connectivity index (χ1n) is 12.7. The van der Waals surface area contributed by atoms with E-state index < -0.39 is 22.9 Å². The van der Waals surface area contributed by atoms with Crippen LogP contribution < -0.4 is 10.1 Å². The maximum atomic E-state index is 13.9. The number of nitro benzene ring substituents is 1. The van der Waals surface area contributed by atoms with E-state index in [1.54, 1.807) is 30.3 Å². The number of rotatable bonds is 8. The highest BCUT2D eigenvalue weighted by Gasteiger charge is 2.23. The Bertz CT molecular complexity index is 1770. The van der Waals surface area contributed by atoms with Crippen LogP contribution >= 0.6 is 0 Å². The van der Waals surface area contributed by atoms with E-state index in [1.165, 1.54) is 24.3 Å². The summed E-state index contributed by atoms with van der Waals surface area (Å²) in [5.74, 6) is 0.0808. The van der Waals surface area contributed by atoms with E-state index in [4.69, 9.17) is 4.74 Å². The highest BCUT2D eigenvalue weighted by Crippen LogP contribution is 2.35. The van der Waals surface area contributed by atoms with Crippen LogP contribution in [-0.4, -0.2) is 25.4 Å². The van der Waals surface area contributed by atoms with Gasteiger partial charge in [0.15, 0.2) is 5.65 Å². The second kappa shape index (κ2) is 11.1. The number of non-ortho nitro benzene ring substituents is 1. The topological polar surface area (TPSA) is 112 Å². The SMILES string of the molecule is Cc1ccc(C(C)C)c(Oc2cc(NC(=O)c3cnn4c(C(F)F)cc(-c5ccccc5)nc34)cc([N+](=O)[O-])c2)c1. The van der Waals surface area contributed by atoms with Crippen LogP contribution in [0.2, 0.25) is 0 Å². The summed E-state index contributed by atoms with van der Waals surface area (Å²) in [7, 11) is 0. The molecule has 0 aliphatic rings. The molecule has 5 rings (SSSR count). The van der Waals surface area contributed by atoms with E-state index in [1.807, 2.05) is 39.0 Å². The van der Waals surface area contributed by atoms with Crippen LogP contribution in [0.25, 0.3) is 16.9 Å². The van der Waals surface area contributed by atoms with Crippen LogP contribution in [-0.2, 0) is 0 Å². The lowest BCUT2D eigenvalue weighted by atomic mass is 10.0. The Morgan fingerprint density at radius 3 is 2.49 bits per heavy atom. The summed E-state index contributed by atoms with van der Waals surface area (Å²) < 4.78 is 34.8. The summed E-state index contributed by atoms with van der Waals surface area (Å²) in [4.78, 5) is 28.9. The van der Waals surface area contributed by atoms with Gasteiger partial charge in [-0.2, -0.15) is 5.10 Å². The molecule has 208 valence electrons. The maximum absolute atomic E-state index is 13.9. The number of carbonyl (C=O) groups is 1. The number of aromatic nitrogens is 3. The number of nitrogens with zero attached hydrogens (tertiary/aromatic N) is 4. The average molecular weight is 558 g/mol. The van der Waals surface area contributed by atoms with Gasteiger partial charge in [0.05, 0.1) is 28.6 Å². The first kappa shape index (κ1) is 27.4. The standard InChI is InChI=1S/C30H25F2N5O4/c1-17(2)23-10-9-18(3)11-27(23)41-22-13-20(12-21(14-22)37(39)40)34-30(38)24-16-33-36-26(28(31)32)15-25(35-29(24)36)19-7-5-4-6-8-19/h4-17,28H,1-3H3,(H,34,38). The van der Waals surface area contributed by atoms with Gasteiger partial charge in [-0.3, -0.25) is 14.9 Å². The summed E-state index contributed by atoms with van der Waals surface area (Å²) in [5.41, 5.74) is 1.86. The van der Waals surface area contributed by atoms with Gasteiger partial charge in [0.1, 0.15) is 22.8 Å². The van der Waals surface area contributed by atoms with Crippen molar-refractivity contribution >= 4 is 22.9 Å². The Morgan fingerprint density at radius 2 is 1.80 bits per heavy atom. The molecule has 0 saturated carbocycles. The third kappa shape index (κ3) is 5.74. The molecule has 41 heavy (non-hydrogen) atoms. The molecule has 0 aliphatic heterocycles. The molecule has 0 radical (unpaired) electrons. The minimum Gasteiger partial charge on any atom is -0.457 e. The van der Waals surface area contributed by atoms with Crippen LogP contribution in [0.5, 0.6) is 11.5 Å². The Balaban J connectivity index is 1.52. The van der Waals surface area contributed by atoms with Gasteiger partial charge < -0.3 is 10.1 Å². The second-order valence-electron chi connectivity index (χ2n) is 9.75. The zero-order valence-corrected chi connectivity index (χ0v) is 22.3. The molecule has 9 nitrogen and oxygen atoms in total. The largest absolute Gasteiger partial charge is 0.457 e. The molecule has 2 aromatic heterocycles. The molecule has 0 atom stereocenters. The smallest absolute Gasteiger partial charge is 0.280 e.